The normalized spacial score (nSPS) is 12.9. The summed E-state index contributed by atoms with van der Waals surface area (Å²) in [5, 5.41) is 10.3. The Bertz CT molecular complexity index is 133. The standard InChI is InChI=1S/C16H33O/c1-3-5-6-7-8-10-13-16(4-2)14-11-9-12-15-17/h16H,3-15H2,1-2H3. The quantitative estimate of drug-likeness (QED) is 0.366. The lowest BCUT2D eigenvalue weighted by Crippen LogP contribution is -1.99. The molecule has 1 nitrogen and oxygen atoms in total. The molecule has 1 atom stereocenters. The van der Waals surface area contributed by atoms with Crippen LogP contribution in [0.2, 0.25) is 0 Å². The van der Waals surface area contributed by atoms with Crippen molar-refractivity contribution >= 4 is 0 Å². The molecule has 0 saturated heterocycles. The van der Waals surface area contributed by atoms with Gasteiger partial charge in [0.2, 0.25) is 0 Å². The van der Waals surface area contributed by atoms with Crippen molar-refractivity contribution in [2.45, 2.75) is 90.9 Å². The molecule has 0 fully saturated rings. The van der Waals surface area contributed by atoms with Gasteiger partial charge in [-0.05, 0) is 12.3 Å². The van der Waals surface area contributed by atoms with Gasteiger partial charge in [-0.1, -0.05) is 84.5 Å². The molecular weight excluding hydrogens is 208 g/mol. The van der Waals surface area contributed by atoms with Crippen molar-refractivity contribution in [2.24, 2.45) is 5.92 Å². The van der Waals surface area contributed by atoms with Crippen molar-refractivity contribution in [3.05, 3.63) is 0 Å². The van der Waals surface area contributed by atoms with Crippen molar-refractivity contribution in [3.63, 3.8) is 0 Å². The Morgan fingerprint density at radius 3 is 1.76 bits per heavy atom. The van der Waals surface area contributed by atoms with E-state index in [0.29, 0.717) is 0 Å². The maximum atomic E-state index is 10.3. The van der Waals surface area contributed by atoms with E-state index in [1.807, 2.05) is 0 Å². The Morgan fingerprint density at radius 1 is 0.706 bits per heavy atom. The largest absolute Gasteiger partial charge is 0.237 e. The molecule has 103 valence electrons. The minimum absolute atomic E-state index is 0.119. The highest BCUT2D eigenvalue weighted by atomic mass is 16.2. The van der Waals surface area contributed by atoms with E-state index in [1.54, 1.807) is 0 Å². The summed E-state index contributed by atoms with van der Waals surface area (Å²) < 4.78 is 0. The topological polar surface area (TPSA) is 19.9 Å². The van der Waals surface area contributed by atoms with E-state index >= 15 is 0 Å². The van der Waals surface area contributed by atoms with Crippen molar-refractivity contribution in [1.29, 1.82) is 0 Å². The van der Waals surface area contributed by atoms with Gasteiger partial charge < -0.3 is 0 Å². The first-order valence-corrected chi connectivity index (χ1v) is 7.93. The van der Waals surface area contributed by atoms with Gasteiger partial charge in [0.25, 0.3) is 0 Å². The van der Waals surface area contributed by atoms with Crippen molar-refractivity contribution in [2.75, 3.05) is 6.61 Å². The van der Waals surface area contributed by atoms with E-state index in [9.17, 15) is 5.11 Å². The van der Waals surface area contributed by atoms with Crippen LogP contribution >= 0.6 is 0 Å². The first-order chi connectivity index (χ1) is 8.35. The number of rotatable bonds is 13. The zero-order chi connectivity index (χ0) is 12.8. The first-order valence-electron chi connectivity index (χ1n) is 7.93. The van der Waals surface area contributed by atoms with Crippen LogP contribution in [0.4, 0.5) is 0 Å². The van der Waals surface area contributed by atoms with Crippen LogP contribution in [0.5, 0.6) is 0 Å². The molecule has 0 aliphatic carbocycles. The van der Waals surface area contributed by atoms with Gasteiger partial charge in [0.05, 0.1) is 6.61 Å². The van der Waals surface area contributed by atoms with Gasteiger partial charge in [0.15, 0.2) is 0 Å². The summed E-state index contributed by atoms with van der Waals surface area (Å²) in [5.41, 5.74) is 0. The van der Waals surface area contributed by atoms with Crippen molar-refractivity contribution in [1.82, 2.24) is 0 Å². The van der Waals surface area contributed by atoms with Crippen molar-refractivity contribution < 1.29 is 5.11 Å². The van der Waals surface area contributed by atoms with Crippen LogP contribution in [0.3, 0.4) is 0 Å². The van der Waals surface area contributed by atoms with E-state index < -0.39 is 0 Å². The minimum Gasteiger partial charge on any atom is -0.237 e. The lowest BCUT2D eigenvalue weighted by molar-refractivity contribution is 0.185. The second-order valence-corrected chi connectivity index (χ2v) is 5.38. The van der Waals surface area contributed by atoms with Crippen LogP contribution in [0.1, 0.15) is 90.9 Å². The molecule has 1 unspecified atom stereocenters. The van der Waals surface area contributed by atoms with E-state index in [2.05, 4.69) is 13.8 Å². The molecule has 0 saturated carbocycles. The molecule has 0 aromatic heterocycles. The summed E-state index contributed by atoms with van der Waals surface area (Å²) in [6, 6.07) is 0. The Hall–Kier alpha value is -0.0400. The highest BCUT2D eigenvalue weighted by Gasteiger charge is 2.05. The predicted octanol–water partition coefficient (Wildman–Crippen LogP) is 5.75. The average Bonchev–Trinajstić information content (AvgIpc) is 2.36. The molecule has 0 aliphatic heterocycles. The Kier molecular flexibility index (Phi) is 14.0. The van der Waals surface area contributed by atoms with Crippen LogP contribution in [0.25, 0.3) is 0 Å². The number of hydrogen-bond donors (Lipinski definition) is 0. The fourth-order valence-corrected chi connectivity index (χ4v) is 2.48. The fourth-order valence-electron chi connectivity index (χ4n) is 2.48. The molecule has 0 amide bonds. The van der Waals surface area contributed by atoms with Crippen LogP contribution in [0.15, 0.2) is 0 Å². The molecule has 17 heavy (non-hydrogen) atoms. The van der Waals surface area contributed by atoms with E-state index in [0.717, 1.165) is 18.8 Å². The third kappa shape index (κ3) is 12.2. The molecule has 0 N–H and O–H groups in total. The second kappa shape index (κ2) is 14.0. The third-order valence-electron chi connectivity index (χ3n) is 3.80. The van der Waals surface area contributed by atoms with Gasteiger partial charge in [-0.2, -0.15) is 0 Å². The lowest BCUT2D eigenvalue weighted by Gasteiger charge is -2.14. The molecule has 0 aromatic rings. The second-order valence-electron chi connectivity index (χ2n) is 5.38. The minimum atomic E-state index is 0.119. The summed E-state index contributed by atoms with van der Waals surface area (Å²) in [6.07, 6.45) is 15.9. The zero-order valence-electron chi connectivity index (χ0n) is 12.2. The highest BCUT2D eigenvalue weighted by Crippen LogP contribution is 2.20. The van der Waals surface area contributed by atoms with Gasteiger partial charge in [0, 0.05) is 0 Å². The first kappa shape index (κ1) is 17.0. The smallest absolute Gasteiger partial charge is 0.0822 e. The van der Waals surface area contributed by atoms with Crippen LogP contribution in [-0.4, -0.2) is 6.61 Å². The van der Waals surface area contributed by atoms with E-state index in [4.69, 9.17) is 0 Å². The number of unbranched alkanes of at least 4 members (excludes halogenated alkanes) is 7. The fraction of sp³-hybridized carbons (Fsp3) is 1.00. The Balaban J connectivity index is 3.28. The summed E-state index contributed by atoms with van der Waals surface area (Å²) in [6.45, 7) is 4.71. The van der Waals surface area contributed by atoms with Crippen molar-refractivity contribution in [3.8, 4) is 0 Å². The van der Waals surface area contributed by atoms with Gasteiger partial charge in [-0.15, -0.1) is 0 Å². The molecule has 1 heteroatoms. The monoisotopic (exact) mass is 241 g/mol. The van der Waals surface area contributed by atoms with Crippen LogP contribution in [-0.2, 0) is 5.11 Å². The van der Waals surface area contributed by atoms with Gasteiger partial charge in [0.1, 0.15) is 0 Å². The molecule has 0 spiro atoms. The van der Waals surface area contributed by atoms with Crippen LogP contribution < -0.4 is 0 Å². The summed E-state index contributed by atoms with van der Waals surface area (Å²) in [5.74, 6) is 0.924. The molecule has 0 aliphatic rings. The number of hydrogen-bond acceptors (Lipinski definition) is 0. The predicted molar refractivity (Wildman–Crippen MR) is 75.8 cm³/mol. The molecular formula is C16H33O. The maximum absolute atomic E-state index is 10.3. The zero-order valence-corrected chi connectivity index (χ0v) is 12.2. The third-order valence-corrected chi connectivity index (χ3v) is 3.80. The summed E-state index contributed by atoms with van der Waals surface area (Å²) >= 11 is 0. The highest BCUT2D eigenvalue weighted by molar-refractivity contribution is 4.58. The van der Waals surface area contributed by atoms with Gasteiger partial charge in [-0.3, -0.25) is 0 Å². The SMILES string of the molecule is CCCCCCCCC(CC)CCCCC[O]. The summed E-state index contributed by atoms with van der Waals surface area (Å²) in [4.78, 5) is 0. The molecule has 0 heterocycles. The van der Waals surface area contributed by atoms with E-state index in [-0.39, 0.29) is 6.61 Å². The molecule has 1 radical (unpaired) electrons. The average molecular weight is 241 g/mol. The van der Waals surface area contributed by atoms with Gasteiger partial charge >= 0.3 is 0 Å². The Labute approximate surface area is 109 Å². The van der Waals surface area contributed by atoms with E-state index in [1.165, 1.54) is 64.2 Å². The van der Waals surface area contributed by atoms with Crippen LogP contribution in [0, 0.1) is 5.92 Å². The maximum Gasteiger partial charge on any atom is 0.0822 e. The van der Waals surface area contributed by atoms with Gasteiger partial charge in [-0.25, -0.2) is 5.11 Å². The lowest BCUT2D eigenvalue weighted by atomic mass is 9.92. The molecule has 0 bridgehead atoms. The summed E-state index contributed by atoms with van der Waals surface area (Å²) in [7, 11) is 0. The Morgan fingerprint density at radius 2 is 1.24 bits per heavy atom. The molecule has 0 aromatic carbocycles. The molecule has 0 rings (SSSR count).